The van der Waals surface area contributed by atoms with E-state index in [2.05, 4.69) is 5.32 Å². The van der Waals surface area contributed by atoms with Crippen molar-refractivity contribution in [2.75, 3.05) is 20.8 Å². The third-order valence-electron chi connectivity index (χ3n) is 4.57. The van der Waals surface area contributed by atoms with Gasteiger partial charge in [-0.05, 0) is 43.4 Å². The second-order valence-corrected chi connectivity index (χ2v) is 6.27. The molecule has 0 heterocycles. The Bertz CT molecular complexity index is 531. The van der Waals surface area contributed by atoms with Gasteiger partial charge in [-0.2, -0.15) is 0 Å². The molecule has 1 aromatic rings. The number of methoxy groups -OCH3 is 2. The molecule has 6 heteroatoms. The maximum absolute atomic E-state index is 12.2. The topological polar surface area (TPSA) is 73.6 Å². The molecule has 1 aliphatic carbocycles. The number of nitrogens with two attached hydrogens (primary N) is 1. The zero-order valence-electron chi connectivity index (χ0n) is 14.6. The fourth-order valence-electron chi connectivity index (χ4n) is 3.12. The molecule has 1 saturated carbocycles. The molecule has 1 amide bonds. The number of hydrogen-bond donors (Lipinski definition) is 2. The first kappa shape index (κ1) is 20.6. The zero-order chi connectivity index (χ0) is 16.7. The Morgan fingerprint density at radius 1 is 1.17 bits per heavy atom. The van der Waals surface area contributed by atoms with Crippen LogP contribution in [0, 0.1) is 0 Å². The van der Waals surface area contributed by atoms with Crippen molar-refractivity contribution < 1.29 is 14.3 Å². The van der Waals surface area contributed by atoms with E-state index in [9.17, 15) is 4.79 Å². The smallest absolute Gasteiger partial charge is 0.240 e. The summed E-state index contributed by atoms with van der Waals surface area (Å²) in [5.74, 6) is 1.47. The lowest BCUT2D eigenvalue weighted by molar-refractivity contribution is -0.127. The van der Waals surface area contributed by atoms with E-state index >= 15 is 0 Å². The molecule has 0 aliphatic heterocycles. The quantitative estimate of drug-likeness (QED) is 0.737. The Kier molecular flexibility index (Phi) is 8.36. The molecule has 0 atom stereocenters. The maximum atomic E-state index is 12.2. The monoisotopic (exact) mass is 356 g/mol. The first-order valence-electron chi connectivity index (χ1n) is 8.37. The minimum Gasteiger partial charge on any atom is -0.493 e. The fraction of sp³-hybridized carbons (Fsp3) is 0.611. The molecule has 1 fully saturated rings. The van der Waals surface area contributed by atoms with E-state index in [-0.39, 0.29) is 18.3 Å². The Labute approximate surface area is 150 Å². The van der Waals surface area contributed by atoms with Crippen LogP contribution in [0.3, 0.4) is 0 Å². The lowest BCUT2D eigenvalue weighted by Gasteiger charge is -2.31. The van der Waals surface area contributed by atoms with Gasteiger partial charge in [0, 0.05) is 6.54 Å². The largest absolute Gasteiger partial charge is 0.493 e. The zero-order valence-corrected chi connectivity index (χ0v) is 15.4. The number of nitrogens with one attached hydrogen (secondary N) is 1. The average molecular weight is 357 g/mol. The van der Waals surface area contributed by atoms with Crippen LogP contribution in [0.15, 0.2) is 18.2 Å². The van der Waals surface area contributed by atoms with E-state index in [1.807, 2.05) is 18.2 Å². The van der Waals surface area contributed by atoms with Crippen LogP contribution in [0.5, 0.6) is 11.5 Å². The van der Waals surface area contributed by atoms with Crippen molar-refractivity contribution in [1.82, 2.24) is 5.32 Å². The van der Waals surface area contributed by atoms with Crippen LogP contribution in [-0.2, 0) is 11.2 Å². The van der Waals surface area contributed by atoms with Gasteiger partial charge in [-0.15, -0.1) is 12.4 Å². The molecule has 24 heavy (non-hydrogen) atoms. The van der Waals surface area contributed by atoms with Crippen molar-refractivity contribution >= 4 is 18.3 Å². The van der Waals surface area contributed by atoms with Crippen LogP contribution < -0.4 is 20.5 Å². The van der Waals surface area contributed by atoms with E-state index in [4.69, 9.17) is 15.2 Å². The third-order valence-corrected chi connectivity index (χ3v) is 4.57. The summed E-state index contributed by atoms with van der Waals surface area (Å²) in [6.07, 6.45) is 6.63. The minimum atomic E-state index is -0.651. The highest BCUT2D eigenvalue weighted by Gasteiger charge is 2.34. The van der Waals surface area contributed by atoms with E-state index in [0.29, 0.717) is 6.54 Å². The number of carbonyl (C=O) groups is 1. The van der Waals surface area contributed by atoms with E-state index < -0.39 is 5.54 Å². The number of benzene rings is 1. The standard InChI is InChI=1S/C18H28N2O3.ClH/c1-22-15-9-8-14(13-16(15)23-2)7-6-12-20-17(21)18(19)10-4-3-5-11-18;/h8-9,13H,3-7,10-12,19H2,1-2H3,(H,20,21);1H. The lowest BCUT2D eigenvalue weighted by atomic mass is 9.82. The second kappa shape index (κ2) is 9.74. The molecule has 0 aromatic heterocycles. The van der Waals surface area contributed by atoms with Crippen molar-refractivity contribution in [1.29, 1.82) is 0 Å². The van der Waals surface area contributed by atoms with Crippen molar-refractivity contribution in [3.05, 3.63) is 23.8 Å². The van der Waals surface area contributed by atoms with Gasteiger partial charge in [-0.3, -0.25) is 4.79 Å². The summed E-state index contributed by atoms with van der Waals surface area (Å²) in [6.45, 7) is 0.645. The summed E-state index contributed by atoms with van der Waals surface area (Å²) >= 11 is 0. The first-order chi connectivity index (χ1) is 11.1. The molecule has 136 valence electrons. The molecule has 0 unspecified atom stereocenters. The SMILES string of the molecule is COc1ccc(CCCNC(=O)C2(N)CCCCC2)cc1OC.Cl. The van der Waals surface area contributed by atoms with Crippen molar-refractivity contribution in [3.63, 3.8) is 0 Å². The number of rotatable bonds is 7. The number of carbonyl (C=O) groups excluding carboxylic acids is 1. The molecule has 2 rings (SSSR count). The highest BCUT2D eigenvalue weighted by Crippen LogP contribution is 2.28. The van der Waals surface area contributed by atoms with Gasteiger partial charge in [0.25, 0.3) is 0 Å². The maximum Gasteiger partial charge on any atom is 0.240 e. The van der Waals surface area contributed by atoms with Gasteiger partial charge in [0.15, 0.2) is 11.5 Å². The Morgan fingerprint density at radius 2 is 1.83 bits per heavy atom. The van der Waals surface area contributed by atoms with E-state index in [0.717, 1.165) is 55.6 Å². The lowest BCUT2D eigenvalue weighted by Crippen LogP contribution is -2.55. The van der Waals surface area contributed by atoms with Crippen molar-refractivity contribution in [3.8, 4) is 11.5 Å². The molecule has 0 spiro atoms. The summed E-state index contributed by atoms with van der Waals surface area (Å²) in [5, 5.41) is 2.99. The number of ether oxygens (including phenoxy) is 2. The van der Waals surface area contributed by atoms with Gasteiger partial charge in [-0.1, -0.05) is 25.3 Å². The number of amides is 1. The summed E-state index contributed by atoms with van der Waals surface area (Å²) in [4.78, 5) is 12.2. The fourth-order valence-corrected chi connectivity index (χ4v) is 3.12. The molecule has 0 radical (unpaired) electrons. The minimum absolute atomic E-state index is 0. The molecule has 1 aromatic carbocycles. The summed E-state index contributed by atoms with van der Waals surface area (Å²) in [5.41, 5.74) is 6.74. The predicted octanol–water partition coefficient (Wildman–Crippen LogP) is 2.84. The van der Waals surface area contributed by atoms with Crippen molar-refractivity contribution in [2.45, 2.75) is 50.5 Å². The van der Waals surface area contributed by atoms with Gasteiger partial charge in [0.2, 0.25) is 5.91 Å². The van der Waals surface area contributed by atoms with E-state index in [1.165, 1.54) is 6.42 Å². The van der Waals surface area contributed by atoms with Crippen LogP contribution in [0.2, 0.25) is 0 Å². The molecule has 0 bridgehead atoms. The van der Waals surface area contributed by atoms with Crippen LogP contribution in [0.1, 0.15) is 44.1 Å². The van der Waals surface area contributed by atoms with Crippen LogP contribution in [0.4, 0.5) is 0 Å². The molecule has 0 saturated heterocycles. The normalized spacial score (nSPS) is 16.0. The molecular weight excluding hydrogens is 328 g/mol. The van der Waals surface area contributed by atoms with Gasteiger partial charge in [-0.25, -0.2) is 0 Å². The number of halogens is 1. The number of aryl methyl sites for hydroxylation is 1. The second-order valence-electron chi connectivity index (χ2n) is 6.27. The molecular formula is C18H29ClN2O3. The van der Waals surface area contributed by atoms with Crippen LogP contribution in [-0.4, -0.2) is 32.2 Å². The Balaban J connectivity index is 0.00000288. The summed E-state index contributed by atoms with van der Waals surface area (Å²) in [7, 11) is 3.26. The third kappa shape index (κ3) is 5.28. The van der Waals surface area contributed by atoms with Gasteiger partial charge in [0.05, 0.1) is 19.8 Å². The Hall–Kier alpha value is -1.46. The summed E-state index contributed by atoms with van der Waals surface area (Å²) < 4.78 is 10.5. The Morgan fingerprint density at radius 3 is 2.46 bits per heavy atom. The highest BCUT2D eigenvalue weighted by molar-refractivity contribution is 5.86. The highest BCUT2D eigenvalue weighted by atomic mass is 35.5. The molecule has 1 aliphatic rings. The van der Waals surface area contributed by atoms with Crippen LogP contribution in [0.25, 0.3) is 0 Å². The first-order valence-corrected chi connectivity index (χ1v) is 8.37. The van der Waals surface area contributed by atoms with Crippen LogP contribution >= 0.6 is 12.4 Å². The number of hydrogen-bond acceptors (Lipinski definition) is 4. The van der Waals surface area contributed by atoms with Gasteiger partial charge >= 0.3 is 0 Å². The summed E-state index contributed by atoms with van der Waals surface area (Å²) in [6, 6.07) is 5.91. The average Bonchev–Trinajstić information content (AvgIpc) is 2.58. The predicted molar refractivity (Wildman–Crippen MR) is 98.1 cm³/mol. The van der Waals surface area contributed by atoms with Crippen molar-refractivity contribution in [2.24, 2.45) is 5.73 Å². The van der Waals surface area contributed by atoms with Gasteiger partial charge in [0.1, 0.15) is 0 Å². The molecule has 3 N–H and O–H groups in total. The van der Waals surface area contributed by atoms with Gasteiger partial charge < -0.3 is 20.5 Å². The molecule has 5 nitrogen and oxygen atoms in total. The van der Waals surface area contributed by atoms with E-state index in [1.54, 1.807) is 14.2 Å².